The van der Waals surface area contributed by atoms with Gasteiger partial charge in [-0.05, 0) is 0 Å². The van der Waals surface area contributed by atoms with Crippen LogP contribution < -0.4 is 5.32 Å². The van der Waals surface area contributed by atoms with Gasteiger partial charge in [-0.1, -0.05) is 0 Å². The van der Waals surface area contributed by atoms with E-state index in [1.54, 1.807) is 0 Å². The van der Waals surface area contributed by atoms with E-state index in [1.807, 2.05) is 6.20 Å². The van der Waals surface area contributed by atoms with Crippen molar-refractivity contribution in [2.24, 2.45) is 0 Å². The van der Waals surface area contributed by atoms with Crippen LogP contribution in [0.25, 0.3) is 0 Å². The third-order valence-electron chi connectivity index (χ3n) is 1.06. The van der Waals surface area contributed by atoms with Gasteiger partial charge in [0.05, 0.1) is 0 Å². The summed E-state index contributed by atoms with van der Waals surface area (Å²) in [6.07, 6.45) is 7.37. The van der Waals surface area contributed by atoms with Crippen LogP contribution in [0.15, 0.2) is 24.0 Å². The van der Waals surface area contributed by atoms with E-state index in [4.69, 9.17) is 0 Å². The molecule has 0 radical (unpaired) electrons. The fourth-order valence-electron chi connectivity index (χ4n) is 0.613. The molecule has 0 bridgehead atoms. The van der Waals surface area contributed by atoms with E-state index in [9.17, 15) is 0 Å². The van der Waals surface area contributed by atoms with Crippen molar-refractivity contribution in [3.05, 3.63) is 24.0 Å². The second-order valence-electron chi connectivity index (χ2n) is 1.67. The van der Waals surface area contributed by atoms with Gasteiger partial charge in [0.2, 0.25) is 0 Å². The molecule has 44 valence electrons. The van der Waals surface area contributed by atoms with Gasteiger partial charge in [0.25, 0.3) is 0 Å². The first-order valence-corrected chi connectivity index (χ1v) is 3.97. The molecular weight excluding hydrogens is 165 g/mol. The summed E-state index contributed by atoms with van der Waals surface area (Å²) in [5, 5.41) is 4.19. The van der Waals surface area contributed by atoms with Crippen LogP contribution in [0.1, 0.15) is 6.42 Å². The maximum absolute atomic E-state index is 3.13. The summed E-state index contributed by atoms with van der Waals surface area (Å²) in [6.45, 7) is 0. The molecule has 2 heteroatoms. The van der Waals surface area contributed by atoms with Crippen LogP contribution >= 0.6 is 0 Å². The molecule has 0 fully saturated rings. The van der Waals surface area contributed by atoms with E-state index in [2.05, 4.69) is 33.5 Å². The van der Waals surface area contributed by atoms with Gasteiger partial charge < -0.3 is 0 Å². The van der Waals surface area contributed by atoms with Crippen molar-refractivity contribution in [2.45, 2.75) is 11.7 Å². The van der Waals surface area contributed by atoms with Gasteiger partial charge >= 0.3 is 57.1 Å². The molecule has 0 amide bonds. The Morgan fingerprint density at radius 3 is 3.00 bits per heavy atom. The zero-order valence-electron chi connectivity index (χ0n) is 4.59. The molecular formula is C6H9NSe. The third kappa shape index (κ3) is 1.39. The number of dihydropyridines is 1. The molecule has 1 rings (SSSR count). The summed E-state index contributed by atoms with van der Waals surface area (Å²) < 4.78 is 0. The van der Waals surface area contributed by atoms with Crippen molar-refractivity contribution in [3.63, 3.8) is 0 Å². The monoisotopic (exact) mass is 175 g/mol. The van der Waals surface area contributed by atoms with Crippen LogP contribution in [-0.4, -0.2) is 16.0 Å². The van der Waals surface area contributed by atoms with Crippen molar-refractivity contribution in [2.75, 3.05) is 0 Å². The van der Waals surface area contributed by atoms with E-state index in [0.717, 1.165) is 11.7 Å². The molecule has 1 nitrogen and oxygen atoms in total. The molecule has 0 aromatic carbocycles. The quantitative estimate of drug-likeness (QED) is 0.577. The average molecular weight is 174 g/mol. The standard InChI is InChI=1S/C6H9NSe/c8-5-6-3-1-2-4-7-6/h2-4,7-8H,1,5H2. The van der Waals surface area contributed by atoms with Crippen molar-refractivity contribution >= 4 is 16.0 Å². The predicted octanol–water partition coefficient (Wildman–Crippen LogP) is 0.696. The first-order valence-electron chi connectivity index (χ1n) is 2.65. The summed E-state index contributed by atoms with van der Waals surface area (Å²) in [6, 6.07) is 0. The molecule has 0 aliphatic carbocycles. The number of hydrogen-bond donors (Lipinski definition) is 1. The Morgan fingerprint density at radius 1 is 1.75 bits per heavy atom. The van der Waals surface area contributed by atoms with Crippen LogP contribution in [0, 0.1) is 0 Å². The number of hydrogen-bond acceptors (Lipinski definition) is 1. The summed E-state index contributed by atoms with van der Waals surface area (Å²) >= 11 is 2.55. The first-order chi connectivity index (χ1) is 3.93. The average Bonchev–Trinajstić information content (AvgIpc) is 1.90. The Labute approximate surface area is 57.7 Å². The molecule has 1 aliphatic heterocycles. The van der Waals surface area contributed by atoms with Gasteiger partial charge in [0, 0.05) is 0 Å². The van der Waals surface area contributed by atoms with Gasteiger partial charge in [-0.15, -0.1) is 0 Å². The van der Waals surface area contributed by atoms with Gasteiger partial charge in [0.15, 0.2) is 0 Å². The normalized spacial score (nSPS) is 17.4. The predicted molar refractivity (Wildman–Crippen MR) is 36.9 cm³/mol. The van der Waals surface area contributed by atoms with Gasteiger partial charge in [-0.25, -0.2) is 0 Å². The minimum atomic E-state index is 1.05. The second kappa shape index (κ2) is 2.95. The molecule has 0 saturated heterocycles. The fourth-order valence-corrected chi connectivity index (χ4v) is 1.08. The molecule has 0 aromatic heterocycles. The Morgan fingerprint density at radius 2 is 2.62 bits per heavy atom. The Bertz CT molecular complexity index is 126. The van der Waals surface area contributed by atoms with E-state index in [-0.39, 0.29) is 0 Å². The van der Waals surface area contributed by atoms with Gasteiger partial charge in [-0.2, -0.15) is 0 Å². The molecule has 0 saturated carbocycles. The molecule has 1 heterocycles. The molecule has 0 atom stereocenters. The second-order valence-corrected chi connectivity index (χ2v) is 2.33. The summed E-state index contributed by atoms with van der Waals surface area (Å²) in [4.78, 5) is 0. The van der Waals surface area contributed by atoms with E-state index in [0.29, 0.717) is 0 Å². The zero-order valence-corrected chi connectivity index (χ0v) is 6.47. The topological polar surface area (TPSA) is 12.0 Å². The first kappa shape index (κ1) is 5.93. The number of rotatable bonds is 1. The van der Waals surface area contributed by atoms with Gasteiger partial charge in [0.1, 0.15) is 0 Å². The molecule has 1 aliphatic rings. The Kier molecular flexibility index (Phi) is 2.19. The maximum atomic E-state index is 3.13. The van der Waals surface area contributed by atoms with Crippen molar-refractivity contribution in [1.82, 2.24) is 5.32 Å². The van der Waals surface area contributed by atoms with E-state index >= 15 is 0 Å². The van der Waals surface area contributed by atoms with Crippen molar-refractivity contribution in [1.29, 1.82) is 0 Å². The summed E-state index contributed by atoms with van der Waals surface area (Å²) in [7, 11) is 0. The summed E-state index contributed by atoms with van der Waals surface area (Å²) in [5.74, 6) is 0. The SMILES string of the molecule is [SeH]CC1=CCC=CN1. The van der Waals surface area contributed by atoms with Crippen molar-refractivity contribution < 1.29 is 0 Å². The molecule has 1 N–H and O–H groups in total. The molecule has 0 spiro atoms. The van der Waals surface area contributed by atoms with Crippen LogP contribution in [0.4, 0.5) is 0 Å². The van der Waals surface area contributed by atoms with Crippen LogP contribution in [0.3, 0.4) is 0 Å². The molecule has 8 heavy (non-hydrogen) atoms. The third-order valence-corrected chi connectivity index (χ3v) is 1.77. The Balaban J connectivity index is 2.43. The fraction of sp³-hybridized carbons (Fsp3) is 0.333. The zero-order chi connectivity index (χ0) is 5.82. The van der Waals surface area contributed by atoms with E-state index in [1.165, 1.54) is 5.70 Å². The molecule has 0 unspecified atom stereocenters. The Hall–Kier alpha value is -0.201. The summed E-state index contributed by atoms with van der Waals surface area (Å²) in [5.41, 5.74) is 1.31. The van der Waals surface area contributed by atoms with Crippen molar-refractivity contribution in [3.8, 4) is 0 Å². The number of allylic oxidation sites excluding steroid dienone is 3. The molecule has 0 aromatic rings. The minimum absolute atomic E-state index is 1.05. The van der Waals surface area contributed by atoms with Gasteiger partial charge in [-0.3, -0.25) is 0 Å². The van der Waals surface area contributed by atoms with Crippen LogP contribution in [0.5, 0.6) is 0 Å². The number of nitrogens with one attached hydrogen (secondary N) is 1. The van der Waals surface area contributed by atoms with E-state index < -0.39 is 0 Å². The van der Waals surface area contributed by atoms with Crippen LogP contribution in [0.2, 0.25) is 5.32 Å². The van der Waals surface area contributed by atoms with Crippen LogP contribution in [-0.2, 0) is 0 Å².